The molecule has 2 bridgehead atoms. The van der Waals surface area contributed by atoms with Crippen LogP contribution in [-0.4, -0.2) is 102 Å². The minimum Gasteiger partial charge on any atom is -0.496 e. The normalized spacial score (nSPS) is 26.3. The van der Waals surface area contributed by atoms with Crippen LogP contribution in [0.3, 0.4) is 0 Å². The van der Waals surface area contributed by atoms with Crippen LogP contribution in [0.5, 0.6) is 5.75 Å². The first-order valence-corrected chi connectivity index (χ1v) is 20.1. The van der Waals surface area contributed by atoms with Crippen molar-refractivity contribution in [2.45, 2.75) is 90.3 Å². The number of aryl methyl sites for hydroxylation is 1. The van der Waals surface area contributed by atoms with Crippen molar-refractivity contribution in [2.24, 2.45) is 29.1 Å². The van der Waals surface area contributed by atoms with Crippen molar-refractivity contribution < 1.29 is 34.3 Å². The summed E-state index contributed by atoms with van der Waals surface area (Å²) in [7, 11) is 5.36. The highest BCUT2D eigenvalue weighted by Crippen LogP contribution is 2.61. The lowest BCUT2D eigenvalue weighted by atomic mass is 9.45. The fourth-order valence-corrected chi connectivity index (χ4v) is 9.74. The SMILES string of the molecule is COc1c(CN2O[C@@H](CO)[C@@H]([C@H](C)O)[C@H]2C(=O)N[C@H]2C[C@H]3C[C@@H]([C@@H]2C)C3(C)C)cccc1-c1cc(C(=O)N[C@@H](CCc2ccccc2)CN(C)C)cc([N+](=O)[O-])c1. The number of rotatable bonds is 16. The second-order valence-corrected chi connectivity index (χ2v) is 17.2. The van der Waals surface area contributed by atoms with Crippen molar-refractivity contribution in [2.75, 3.05) is 34.4 Å². The van der Waals surface area contributed by atoms with Gasteiger partial charge in [-0.2, -0.15) is 5.06 Å². The van der Waals surface area contributed by atoms with Crippen molar-refractivity contribution in [1.29, 1.82) is 0 Å². The number of nitro benzene ring substituents is 1. The number of ether oxygens (including phenoxy) is 1. The first-order chi connectivity index (χ1) is 27.1. The molecular weight excluding hydrogens is 727 g/mol. The summed E-state index contributed by atoms with van der Waals surface area (Å²) in [5, 5.41) is 41.4. The van der Waals surface area contributed by atoms with Crippen LogP contribution in [0.4, 0.5) is 5.69 Å². The highest BCUT2D eigenvalue weighted by molar-refractivity contribution is 5.97. The zero-order valence-corrected chi connectivity index (χ0v) is 34.2. The molecule has 9 atom stereocenters. The van der Waals surface area contributed by atoms with Gasteiger partial charge in [0.25, 0.3) is 11.6 Å². The predicted octanol–water partition coefficient (Wildman–Crippen LogP) is 5.22. The zero-order chi connectivity index (χ0) is 41.2. The third kappa shape index (κ3) is 9.02. The molecule has 4 fully saturated rings. The highest BCUT2D eigenvalue weighted by atomic mass is 16.7. The smallest absolute Gasteiger partial charge is 0.270 e. The molecule has 3 aromatic rings. The summed E-state index contributed by atoms with van der Waals surface area (Å²) in [5.74, 6) is 0.303. The van der Waals surface area contributed by atoms with E-state index in [1.807, 2.05) is 55.4 Å². The Labute approximate surface area is 335 Å². The van der Waals surface area contributed by atoms with E-state index in [1.54, 1.807) is 25.1 Å². The number of fused-ring (bicyclic) bond motifs is 2. The number of nitro groups is 1. The van der Waals surface area contributed by atoms with Gasteiger partial charge in [-0.05, 0) is 87.1 Å². The molecule has 1 aliphatic heterocycles. The number of hydroxylamine groups is 2. The topological polar surface area (TPSA) is 167 Å². The van der Waals surface area contributed by atoms with Crippen molar-refractivity contribution in [3.8, 4) is 16.9 Å². The predicted molar refractivity (Wildman–Crippen MR) is 217 cm³/mol. The van der Waals surface area contributed by atoms with Crippen LogP contribution in [0.1, 0.15) is 68.4 Å². The van der Waals surface area contributed by atoms with E-state index in [9.17, 15) is 29.9 Å². The Morgan fingerprint density at radius 2 is 1.84 bits per heavy atom. The van der Waals surface area contributed by atoms with Gasteiger partial charge in [0.15, 0.2) is 0 Å². The number of nitrogens with one attached hydrogen (secondary N) is 2. The molecule has 0 aromatic heterocycles. The molecule has 0 spiro atoms. The number of nitrogens with zero attached hydrogens (tertiary/aromatic N) is 3. The average molecular weight is 786 g/mol. The largest absolute Gasteiger partial charge is 0.496 e. The molecular formula is C44H59N5O8. The molecule has 4 aliphatic rings. The molecule has 7 rings (SSSR count). The van der Waals surface area contributed by atoms with E-state index in [2.05, 4.69) is 31.4 Å². The second kappa shape index (κ2) is 17.6. The summed E-state index contributed by atoms with van der Waals surface area (Å²) < 4.78 is 5.96. The minimum atomic E-state index is -0.961. The summed E-state index contributed by atoms with van der Waals surface area (Å²) >= 11 is 0. The Bertz CT molecular complexity index is 1900. The number of carbonyl (C=O) groups excluding carboxylic acids is 2. The first-order valence-electron chi connectivity index (χ1n) is 20.1. The number of benzene rings is 3. The standard InChI is InChI=1S/C44H59N5O8/c1-26-36-21-32(44(36,3)4)22-37(26)46-43(53)40-39(27(2)51)38(25-50)57-48(40)23-29-14-11-15-35(41(29)56-7)30-18-31(20-34(19-30)49(54)55)42(52)45-33(24-47(5)6)17-16-28-12-9-8-10-13-28/h8-15,18-20,26-27,32-33,36-40,50-51H,16-17,21-25H2,1-7H3,(H,45,52)(H,46,53)/t26-,27-,32+,33-,36-,37-,38-,39+,40-/m0/s1. The van der Waals surface area contributed by atoms with Gasteiger partial charge in [0, 0.05) is 53.4 Å². The quantitative estimate of drug-likeness (QED) is 0.112. The van der Waals surface area contributed by atoms with Crippen molar-refractivity contribution in [3.05, 3.63) is 93.5 Å². The Morgan fingerprint density at radius 3 is 2.46 bits per heavy atom. The Kier molecular flexibility index (Phi) is 13.0. The number of para-hydroxylation sites is 1. The summed E-state index contributed by atoms with van der Waals surface area (Å²) in [5.41, 5.74) is 2.80. The van der Waals surface area contributed by atoms with Gasteiger partial charge >= 0.3 is 0 Å². The van der Waals surface area contributed by atoms with Gasteiger partial charge in [0.1, 0.15) is 17.9 Å². The molecule has 3 aromatic carbocycles. The Balaban J connectivity index is 1.27. The Morgan fingerprint density at radius 1 is 1.11 bits per heavy atom. The monoisotopic (exact) mass is 785 g/mol. The molecule has 3 saturated carbocycles. The number of hydrogen-bond acceptors (Lipinski definition) is 10. The van der Waals surface area contributed by atoms with Gasteiger partial charge in [-0.25, -0.2) is 0 Å². The summed E-state index contributed by atoms with van der Waals surface area (Å²) in [6.07, 6.45) is 1.69. The number of hydrogen-bond donors (Lipinski definition) is 4. The number of aliphatic hydroxyl groups is 2. The van der Waals surface area contributed by atoms with Gasteiger partial charge < -0.3 is 30.5 Å². The van der Waals surface area contributed by atoms with Gasteiger partial charge in [-0.3, -0.25) is 24.5 Å². The van der Waals surface area contributed by atoms with Crippen LogP contribution in [0, 0.1) is 39.2 Å². The summed E-state index contributed by atoms with van der Waals surface area (Å²) in [4.78, 5) is 48.0. The molecule has 13 nitrogen and oxygen atoms in total. The van der Waals surface area contributed by atoms with Gasteiger partial charge in [0.2, 0.25) is 5.91 Å². The van der Waals surface area contributed by atoms with Crippen molar-refractivity contribution in [3.63, 3.8) is 0 Å². The molecule has 0 unspecified atom stereocenters. The van der Waals surface area contributed by atoms with Crippen molar-refractivity contribution in [1.82, 2.24) is 20.6 Å². The second-order valence-electron chi connectivity index (χ2n) is 17.2. The van der Waals surface area contributed by atoms with Gasteiger partial charge in [-0.1, -0.05) is 69.3 Å². The lowest BCUT2D eigenvalue weighted by molar-refractivity contribution is -0.384. The van der Waals surface area contributed by atoms with Crippen LogP contribution in [0.15, 0.2) is 66.7 Å². The van der Waals surface area contributed by atoms with E-state index in [-0.39, 0.29) is 47.1 Å². The number of carbonyl (C=O) groups is 2. The molecule has 13 heteroatoms. The molecule has 1 saturated heterocycles. The lowest BCUT2D eigenvalue weighted by Crippen LogP contribution is -2.62. The summed E-state index contributed by atoms with van der Waals surface area (Å²) in [6, 6.07) is 18.5. The maximum Gasteiger partial charge on any atom is 0.270 e. The van der Waals surface area contributed by atoms with E-state index >= 15 is 0 Å². The van der Waals surface area contributed by atoms with E-state index in [0.29, 0.717) is 47.2 Å². The average Bonchev–Trinajstić information content (AvgIpc) is 3.56. The number of non-ortho nitro benzene ring substituents is 1. The molecule has 3 aliphatic carbocycles. The Hall–Kier alpha value is -4.40. The lowest BCUT2D eigenvalue weighted by Gasteiger charge is -2.62. The molecule has 57 heavy (non-hydrogen) atoms. The van der Waals surface area contributed by atoms with E-state index in [4.69, 9.17) is 9.57 Å². The molecule has 0 radical (unpaired) electrons. The minimum absolute atomic E-state index is 0.0147. The van der Waals surface area contributed by atoms with Crippen molar-refractivity contribution >= 4 is 17.5 Å². The zero-order valence-electron chi connectivity index (χ0n) is 34.2. The van der Waals surface area contributed by atoms with Crippen LogP contribution < -0.4 is 15.4 Å². The third-order valence-corrected chi connectivity index (χ3v) is 12.9. The van der Waals surface area contributed by atoms with Crippen LogP contribution in [0.25, 0.3) is 11.1 Å². The van der Waals surface area contributed by atoms with Crippen LogP contribution >= 0.6 is 0 Å². The molecule has 1 heterocycles. The van der Waals surface area contributed by atoms with E-state index in [1.165, 1.54) is 30.7 Å². The first kappa shape index (κ1) is 42.2. The van der Waals surface area contributed by atoms with Gasteiger partial charge in [-0.15, -0.1) is 0 Å². The number of aliphatic hydroxyl groups excluding tert-OH is 2. The van der Waals surface area contributed by atoms with Crippen LogP contribution in [0.2, 0.25) is 0 Å². The highest BCUT2D eigenvalue weighted by Gasteiger charge is 2.57. The molecule has 308 valence electrons. The molecule has 4 N–H and O–H groups in total. The maximum absolute atomic E-state index is 14.3. The summed E-state index contributed by atoms with van der Waals surface area (Å²) in [6.45, 7) is 8.65. The molecule has 2 amide bonds. The number of likely N-dealkylation sites (N-methyl/N-ethyl adjacent to an activating group) is 1. The number of methoxy groups -OCH3 is 1. The number of amides is 2. The fraction of sp³-hybridized carbons (Fsp3) is 0.545. The third-order valence-electron chi connectivity index (χ3n) is 12.9. The van der Waals surface area contributed by atoms with Crippen LogP contribution in [-0.2, 0) is 22.6 Å². The maximum atomic E-state index is 14.3. The fourth-order valence-electron chi connectivity index (χ4n) is 9.74. The van der Waals surface area contributed by atoms with E-state index < -0.39 is 41.6 Å². The van der Waals surface area contributed by atoms with E-state index in [0.717, 1.165) is 18.4 Å². The van der Waals surface area contributed by atoms with Gasteiger partial charge in [0.05, 0.1) is 31.3 Å².